The second-order valence-electron chi connectivity index (χ2n) is 7.06. The average molecular weight is 868 g/mol. The first kappa shape index (κ1) is 38.5. The molecule has 0 aromatic heterocycles. The third-order valence-corrected chi connectivity index (χ3v) is 4.80. The topological polar surface area (TPSA) is 126 Å². The normalized spacial score (nSPS) is 41.1. The Kier molecular flexibility index (Phi) is 23.1. The molecule has 8 aliphatic rings. The van der Waals surface area contributed by atoms with Crippen LogP contribution < -0.4 is 0 Å². The summed E-state index contributed by atoms with van der Waals surface area (Å²) in [6, 6.07) is 0. The molecule has 8 aliphatic heterocycles. The predicted octanol–water partition coefficient (Wildman–Crippen LogP) is 0.0992. The Morgan fingerprint density at radius 1 is 0.214 bits per heavy atom. The molecule has 8 fully saturated rings. The molecule has 186 valence electrons. The molecule has 0 aromatic rings. The molecule has 0 aliphatic carbocycles. The Labute approximate surface area is 246 Å². The maximum atomic E-state index is 2.47. The van der Waals surface area contributed by atoms with Crippen molar-refractivity contribution >= 4 is 0 Å². The summed E-state index contributed by atoms with van der Waals surface area (Å²) in [6.07, 6.45) is 0. The Balaban J connectivity index is -0.000000160. The van der Waals surface area contributed by atoms with E-state index in [1.165, 1.54) is 80.0 Å². The zero-order valence-electron chi connectivity index (χ0n) is 15.3. The van der Waals surface area contributed by atoms with Crippen LogP contribution >= 0.6 is 0 Å². The van der Waals surface area contributed by atoms with E-state index in [0.29, 0.717) is 0 Å². The number of hydrogen-bond donors (Lipinski definition) is 0. The quantitative estimate of drug-likeness (QED) is 0.315. The Morgan fingerprint density at radius 3 is 0.357 bits per heavy atom. The van der Waals surface area contributed by atoms with Crippen molar-refractivity contribution in [2.75, 3.05) is 80.0 Å². The molecule has 16 heteroatoms. The summed E-state index contributed by atoms with van der Waals surface area (Å²) < 4.78 is 0. The van der Waals surface area contributed by atoms with Crippen molar-refractivity contribution in [3.8, 4) is 0 Å². The van der Waals surface area contributed by atoms with E-state index < -0.39 is 0 Å². The standard InChI is InChI=1S/2C6H12N4.5Ag.3H2N/c2*1-7-2-9-4-8(1)5-10(3-7)6-9;;;;;;;;/h2*1-6H2;;;;;;3*1H2/q;;5*+1;3*-1. The SMILES string of the molecule is C1N2CN3CN1CN(C2)C3.C1N2CN3CN1CN(C2)C3.[Ag+].[Ag+].[Ag+].[Ag+].[Ag+].[NH2-].[NH2-].[NH2-]. The first-order valence-corrected chi connectivity index (χ1v) is 7.59. The van der Waals surface area contributed by atoms with Gasteiger partial charge in [0.1, 0.15) is 0 Å². The number of nitrogens with two attached hydrogens (primary N) is 3. The molecule has 8 bridgehead atoms. The van der Waals surface area contributed by atoms with Crippen LogP contribution in [0.2, 0.25) is 0 Å². The molecule has 6 N–H and O–H groups in total. The fourth-order valence-corrected chi connectivity index (χ4v) is 4.47. The van der Waals surface area contributed by atoms with Crippen LogP contribution in [0.25, 0.3) is 18.5 Å². The summed E-state index contributed by atoms with van der Waals surface area (Å²) >= 11 is 0. The molecule has 0 spiro atoms. The fraction of sp³-hybridized carbons (Fsp3) is 1.00. The van der Waals surface area contributed by atoms with E-state index in [4.69, 9.17) is 0 Å². The maximum Gasteiger partial charge on any atom is 1.00 e. The summed E-state index contributed by atoms with van der Waals surface area (Å²) in [4.78, 5) is 19.8. The number of hydrogen-bond acceptors (Lipinski definition) is 8. The van der Waals surface area contributed by atoms with E-state index >= 15 is 0 Å². The van der Waals surface area contributed by atoms with E-state index in [0.717, 1.165) is 0 Å². The Hall–Kier alpha value is 3.26. The second-order valence-corrected chi connectivity index (χ2v) is 7.06. The third kappa shape index (κ3) is 8.89. The van der Waals surface area contributed by atoms with Crippen molar-refractivity contribution in [1.29, 1.82) is 0 Å². The Bertz CT molecular complexity index is 261. The van der Waals surface area contributed by atoms with Gasteiger partial charge < -0.3 is 18.5 Å². The van der Waals surface area contributed by atoms with E-state index in [9.17, 15) is 0 Å². The van der Waals surface area contributed by atoms with Crippen molar-refractivity contribution in [3.05, 3.63) is 18.5 Å². The van der Waals surface area contributed by atoms with Gasteiger partial charge in [-0.15, -0.1) is 0 Å². The average Bonchev–Trinajstić information content (AvgIpc) is 2.35. The monoisotopic (exact) mass is 863 g/mol. The molecular formula is C12H30Ag5N11+2. The molecule has 0 unspecified atom stereocenters. The molecule has 0 saturated carbocycles. The van der Waals surface area contributed by atoms with Crippen LogP contribution in [0.4, 0.5) is 0 Å². The van der Waals surface area contributed by atoms with Gasteiger partial charge in [-0.2, -0.15) is 0 Å². The van der Waals surface area contributed by atoms with Crippen LogP contribution in [0, 0.1) is 0 Å². The van der Waals surface area contributed by atoms with Crippen LogP contribution in [0.15, 0.2) is 0 Å². The van der Waals surface area contributed by atoms with E-state index in [-0.39, 0.29) is 130 Å². The van der Waals surface area contributed by atoms with Crippen LogP contribution in [0.1, 0.15) is 0 Å². The first-order chi connectivity index (χ1) is 9.80. The minimum Gasteiger partial charge on any atom is -0.693 e. The van der Waals surface area contributed by atoms with E-state index in [1.54, 1.807) is 0 Å². The van der Waals surface area contributed by atoms with Gasteiger partial charge >= 0.3 is 112 Å². The molecule has 0 atom stereocenters. The molecule has 8 saturated heterocycles. The predicted molar refractivity (Wildman–Crippen MR) is 89.0 cm³/mol. The molecule has 8 heterocycles. The van der Waals surface area contributed by atoms with Crippen molar-refractivity contribution in [1.82, 2.24) is 39.2 Å². The first-order valence-electron chi connectivity index (χ1n) is 7.59. The number of nitrogens with zero attached hydrogens (tertiary/aromatic N) is 8. The minimum atomic E-state index is 0. The molecule has 0 amide bonds. The van der Waals surface area contributed by atoms with E-state index in [2.05, 4.69) is 39.2 Å². The summed E-state index contributed by atoms with van der Waals surface area (Å²) in [5.74, 6) is 0. The summed E-state index contributed by atoms with van der Waals surface area (Å²) in [5, 5.41) is 0. The molecule has 28 heavy (non-hydrogen) atoms. The van der Waals surface area contributed by atoms with E-state index in [1.807, 2.05) is 0 Å². The van der Waals surface area contributed by atoms with Gasteiger partial charge in [-0.3, -0.25) is 39.2 Å². The van der Waals surface area contributed by atoms with Crippen molar-refractivity contribution < 1.29 is 112 Å². The minimum absolute atomic E-state index is 0. The van der Waals surface area contributed by atoms with Crippen molar-refractivity contribution in [2.45, 2.75) is 0 Å². The second kappa shape index (κ2) is 16.8. The van der Waals surface area contributed by atoms with Crippen LogP contribution in [0.5, 0.6) is 0 Å². The van der Waals surface area contributed by atoms with Crippen LogP contribution in [0.3, 0.4) is 0 Å². The van der Waals surface area contributed by atoms with Crippen LogP contribution in [-0.4, -0.2) is 119 Å². The zero-order chi connectivity index (χ0) is 13.1. The van der Waals surface area contributed by atoms with Gasteiger partial charge in [-0.25, -0.2) is 0 Å². The molecule has 11 nitrogen and oxygen atoms in total. The molecule has 0 radical (unpaired) electrons. The Morgan fingerprint density at radius 2 is 0.286 bits per heavy atom. The van der Waals surface area contributed by atoms with Gasteiger partial charge in [-0.05, 0) is 0 Å². The van der Waals surface area contributed by atoms with Gasteiger partial charge in [-0.1, -0.05) is 0 Å². The molecule has 8 rings (SSSR count). The summed E-state index contributed by atoms with van der Waals surface area (Å²) in [7, 11) is 0. The third-order valence-electron chi connectivity index (χ3n) is 4.80. The fourth-order valence-electron chi connectivity index (χ4n) is 4.47. The van der Waals surface area contributed by atoms with Crippen molar-refractivity contribution in [3.63, 3.8) is 0 Å². The van der Waals surface area contributed by atoms with Gasteiger partial charge in [0, 0.05) is 0 Å². The summed E-state index contributed by atoms with van der Waals surface area (Å²) in [5.41, 5.74) is 0. The summed E-state index contributed by atoms with van der Waals surface area (Å²) in [6.45, 7) is 14.2. The van der Waals surface area contributed by atoms with Gasteiger partial charge in [0.25, 0.3) is 0 Å². The molecule has 0 aromatic carbocycles. The number of rotatable bonds is 0. The zero-order valence-corrected chi connectivity index (χ0v) is 22.7. The largest absolute Gasteiger partial charge is 1.00 e. The van der Waals surface area contributed by atoms with Gasteiger partial charge in [0.15, 0.2) is 0 Å². The van der Waals surface area contributed by atoms with Gasteiger partial charge in [0.05, 0.1) is 80.0 Å². The maximum absolute atomic E-state index is 2.47. The van der Waals surface area contributed by atoms with Gasteiger partial charge in [0.2, 0.25) is 0 Å². The smallest absolute Gasteiger partial charge is 0.693 e. The van der Waals surface area contributed by atoms with Crippen molar-refractivity contribution in [2.24, 2.45) is 0 Å². The van der Waals surface area contributed by atoms with Crippen LogP contribution in [-0.2, 0) is 112 Å². The molecular weight excluding hydrogens is 838 g/mol.